The van der Waals surface area contributed by atoms with Crippen molar-refractivity contribution in [2.45, 2.75) is 6.92 Å². The third kappa shape index (κ3) is 2.79. The molecule has 1 aromatic heterocycles. The number of carboxylic acids is 1. The highest BCUT2D eigenvalue weighted by molar-refractivity contribution is 7.08. The molecule has 0 saturated carbocycles. The van der Waals surface area contributed by atoms with Crippen molar-refractivity contribution in [3.05, 3.63) is 51.5 Å². The maximum absolute atomic E-state index is 13.4. The van der Waals surface area contributed by atoms with Gasteiger partial charge in [-0.3, -0.25) is 4.79 Å². The van der Waals surface area contributed by atoms with Gasteiger partial charge in [0.25, 0.3) is 5.91 Å². The van der Waals surface area contributed by atoms with Crippen molar-refractivity contribution in [1.82, 2.24) is 0 Å². The van der Waals surface area contributed by atoms with Crippen molar-refractivity contribution in [2.75, 3.05) is 5.32 Å². The van der Waals surface area contributed by atoms with Crippen LogP contribution in [-0.4, -0.2) is 17.0 Å². The fourth-order valence-electron chi connectivity index (χ4n) is 1.56. The number of carboxylic acid groups (broad SMARTS) is 1. The summed E-state index contributed by atoms with van der Waals surface area (Å²) in [6.45, 7) is 1.81. The first-order valence-corrected chi connectivity index (χ1v) is 6.30. The number of nitrogens with one attached hydrogen (secondary N) is 1. The monoisotopic (exact) mass is 279 g/mol. The van der Waals surface area contributed by atoms with Gasteiger partial charge in [-0.2, -0.15) is 11.3 Å². The average molecular weight is 279 g/mol. The Labute approximate surface area is 112 Å². The molecule has 19 heavy (non-hydrogen) atoms. The summed E-state index contributed by atoms with van der Waals surface area (Å²) >= 11 is 1.40. The minimum atomic E-state index is -1.34. The van der Waals surface area contributed by atoms with E-state index in [9.17, 15) is 14.0 Å². The molecule has 2 rings (SSSR count). The van der Waals surface area contributed by atoms with Crippen molar-refractivity contribution in [2.24, 2.45) is 0 Å². The largest absolute Gasteiger partial charge is 0.478 e. The third-order valence-corrected chi connectivity index (χ3v) is 3.42. The Morgan fingerprint density at radius 1 is 1.26 bits per heavy atom. The smallest absolute Gasteiger partial charge is 0.338 e. The molecule has 0 atom stereocenters. The van der Waals surface area contributed by atoms with Crippen LogP contribution in [0.25, 0.3) is 0 Å². The molecule has 0 fully saturated rings. The number of carbonyl (C=O) groups is 2. The Morgan fingerprint density at radius 3 is 2.53 bits per heavy atom. The topological polar surface area (TPSA) is 66.4 Å². The number of carbonyl (C=O) groups excluding carboxylic acids is 1. The number of thiophene rings is 1. The summed E-state index contributed by atoms with van der Waals surface area (Å²) in [5.74, 6) is -2.57. The van der Waals surface area contributed by atoms with Gasteiger partial charge in [0.05, 0.1) is 11.1 Å². The molecule has 1 amide bonds. The zero-order valence-electron chi connectivity index (χ0n) is 9.94. The third-order valence-electron chi connectivity index (χ3n) is 2.56. The van der Waals surface area contributed by atoms with Gasteiger partial charge in [0.2, 0.25) is 0 Å². The van der Waals surface area contributed by atoms with Crippen LogP contribution < -0.4 is 5.32 Å². The van der Waals surface area contributed by atoms with Gasteiger partial charge in [0.1, 0.15) is 5.82 Å². The number of halogens is 1. The molecule has 0 unspecified atom stereocenters. The molecule has 1 heterocycles. The maximum Gasteiger partial charge on any atom is 0.338 e. The van der Waals surface area contributed by atoms with Gasteiger partial charge in [-0.25, -0.2) is 9.18 Å². The number of hydrogen-bond acceptors (Lipinski definition) is 3. The normalized spacial score (nSPS) is 10.2. The molecule has 0 radical (unpaired) electrons. The van der Waals surface area contributed by atoms with Gasteiger partial charge in [0.15, 0.2) is 0 Å². The molecular formula is C13H10FNO3S. The summed E-state index contributed by atoms with van der Waals surface area (Å²) in [6, 6.07) is 3.46. The quantitative estimate of drug-likeness (QED) is 0.907. The predicted molar refractivity (Wildman–Crippen MR) is 70.4 cm³/mol. The molecule has 98 valence electrons. The van der Waals surface area contributed by atoms with E-state index in [-0.39, 0.29) is 11.6 Å². The van der Waals surface area contributed by atoms with Crippen LogP contribution >= 0.6 is 11.3 Å². The zero-order chi connectivity index (χ0) is 14.0. The number of aromatic carboxylic acids is 1. The SMILES string of the molecule is Cc1cscc1C(=O)Nc1ccc(C(=O)O)c(F)c1. The molecule has 0 aliphatic rings. The summed E-state index contributed by atoms with van der Waals surface area (Å²) in [5, 5.41) is 14.8. The van der Waals surface area contributed by atoms with Crippen molar-refractivity contribution in [3.8, 4) is 0 Å². The Bertz CT molecular complexity index is 651. The Balaban J connectivity index is 2.21. The van der Waals surface area contributed by atoms with E-state index in [4.69, 9.17) is 5.11 Å². The van der Waals surface area contributed by atoms with Crippen LogP contribution in [0.1, 0.15) is 26.3 Å². The van der Waals surface area contributed by atoms with Gasteiger partial charge in [-0.1, -0.05) is 0 Å². The highest BCUT2D eigenvalue weighted by Gasteiger charge is 2.13. The highest BCUT2D eigenvalue weighted by Crippen LogP contribution is 2.18. The summed E-state index contributed by atoms with van der Waals surface area (Å²) in [5.41, 5.74) is 1.15. The number of benzene rings is 1. The number of aryl methyl sites for hydroxylation is 1. The number of amides is 1. The molecule has 6 heteroatoms. The molecule has 0 spiro atoms. The van der Waals surface area contributed by atoms with Crippen LogP contribution in [0, 0.1) is 12.7 Å². The second-order valence-electron chi connectivity index (χ2n) is 3.92. The Kier molecular flexibility index (Phi) is 3.62. The van der Waals surface area contributed by atoms with Crippen molar-refractivity contribution in [3.63, 3.8) is 0 Å². The number of rotatable bonds is 3. The standard InChI is InChI=1S/C13H10FNO3S/c1-7-5-19-6-10(7)12(16)15-8-2-3-9(13(17)18)11(14)4-8/h2-6H,1H3,(H,15,16)(H,17,18). The van der Waals surface area contributed by atoms with Gasteiger partial charge in [-0.15, -0.1) is 0 Å². The number of anilines is 1. The van der Waals surface area contributed by atoms with E-state index in [2.05, 4.69) is 5.32 Å². The molecule has 0 aliphatic heterocycles. The molecule has 0 saturated heterocycles. The lowest BCUT2D eigenvalue weighted by Crippen LogP contribution is -2.12. The second-order valence-corrected chi connectivity index (χ2v) is 4.67. The average Bonchev–Trinajstić information content (AvgIpc) is 2.75. The van der Waals surface area contributed by atoms with Gasteiger partial charge >= 0.3 is 5.97 Å². The van der Waals surface area contributed by atoms with E-state index >= 15 is 0 Å². The van der Waals surface area contributed by atoms with Crippen LogP contribution in [0.3, 0.4) is 0 Å². The van der Waals surface area contributed by atoms with Crippen LogP contribution in [0.2, 0.25) is 0 Å². The van der Waals surface area contributed by atoms with Crippen molar-refractivity contribution >= 4 is 28.9 Å². The second kappa shape index (κ2) is 5.19. The minimum Gasteiger partial charge on any atom is -0.478 e. The first-order valence-electron chi connectivity index (χ1n) is 5.36. The summed E-state index contributed by atoms with van der Waals surface area (Å²) in [6.07, 6.45) is 0. The summed E-state index contributed by atoms with van der Waals surface area (Å²) < 4.78 is 13.4. The van der Waals surface area contributed by atoms with E-state index in [0.29, 0.717) is 5.56 Å². The lowest BCUT2D eigenvalue weighted by molar-refractivity contribution is 0.0692. The fourth-order valence-corrected chi connectivity index (χ4v) is 2.39. The van der Waals surface area contributed by atoms with Crippen LogP contribution in [0.5, 0.6) is 0 Å². The van der Waals surface area contributed by atoms with Gasteiger partial charge in [0, 0.05) is 11.1 Å². The van der Waals surface area contributed by atoms with E-state index in [0.717, 1.165) is 17.7 Å². The van der Waals surface area contributed by atoms with Crippen LogP contribution in [0.15, 0.2) is 29.0 Å². The van der Waals surface area contributed by atoms with Crippen molar-refractivity contribution < 1.29 is 19.1 Å². The lowest BCUT2D eigenvalue weighted by Gasteiger charge is -2.06. The first-order chi connectivity index (χ1) is 8.99. The summed E-state index contributed by atoms with van der Waals surface area (Å²) in [4.78, 5) is 22.5. The van der Waals surface area contributed by atoms with E-state index in [1.165, 1.54) is 17.4 Å². The maximum atomic E-state index is 13.4. The molecular weight excluding hydrogens is 269 g/mol. The highest BCUT2D eigenvalue weighted by atomic mass is 32.1. The fraction of sp³-hybridized carbons (Fsp3) is 0.0769. The molecule has 4 nitrogen and oxygen atoms in total. The lowest BCUT2D eigenvalue weighted by atomic mass is 10.1. The zero-order valence-corrected chi connectivity index (χ0v) is 10.8. The molecule has 2 aromatic rings. The predicted octanol–water partition coefficient (Wildman–Crippen LogP) is 3.15. The van der Waals surface area contributed by atoms with Crippen LogP contribution in [-0.2, 0) is 0 Å². The van der Waals surface area contributed by atoms with Crippen LogP contribution in [0.4, 0.5) is 10.1 Å². The first kappa shape index (κ1) is 13.2. The molecule has 1 aromatic carbocycles. The number of hydrogen-bond donors (Lipinski definition) is 2. The molecule has 0 aliphatic carbocycles. The van der Waals surface area contributed by atoms with E-state index < -0.39 is 17.3 Å². The molecule has 2 N–H and O–H groups in total. The minimum absolute atomic E-state index is 0.220. The molecule has 0 bridgehead atoms. The summed E-state index contributed by atoms with van der Waals surface area (Å²) in [7, 11) is 0. The van der Waals surface area contributed by atoms with E-state index in [1.807, 2.05) is 5.38 Å². The Hall–Kier alpha value is -2.21. The van der Waals surface area contributed by atoms with Gasteiger partial charge in [-0.05, 0) is 36.1 Å². The van der Waals surface area contributed by atoms with Gasteiger partial charge < -0.3 is 10.4 Å². The Morgan fingerprint density at radius 2 is 2.00 bits per heavy atom. The van der Waals surface area contributed by atoms with Crippen molar-refractivity contribution in [1.29, 1.82) is 0 Å². The van der Waals surface area contributed by atoms with E-state index in [1.54, 1.807) is 12.3 Å².